The van der Waals surface area contributed by atoms with E-state index in [2.05, 4.69) is 10.9 Å². The lowest BCUT2D eigenvalue weighted by Crippen LogP contribution is -2.44. The third-order valence-corrected chi connectivity index (χ3v) is 3.30. The van der Waals surface area contributed by atoms with Crippen LogP contribution in [0.5, 0.6) is 0 Å². The fraction of sp³-hybridized carbons (Fsp3) is 0.500. The molecule has 0 bridgehead atoms. The Labute approximate surface area is 136 Å². The first-order valence-electron chi connectivity index (χ1n) is 7.43. The molecule has 0 aliphatic heterocycles. The molecule has 6 heteroatoms. The maximum absolute atomic E-state index is 13.5. The molecule has 2 N–H and O–H groups in total. The van der Waals surface area contributed by atoms with Crippen LogP contribution in [0, 0.1) is 5.82 Å². The van der Waals surface area contributed by atoms with Gasteiger partial charge in [-0.05, 0) is 32.4 Å². The van der Waals surface area contributed by atoms with Gasteiger partial charge in [-0.15, -0.1) is 11.6 Å². The molecule has 0 fully saturated rings. The molecule has 0 aliphatic carbocycles. The first-order valence-corrected chi connectivity index (χ1v) is 7.86. The van der Waals surface area contributed by atoms with E-state index in [0.717, 1.165) is 0 Å². The summed E-state index contributed by atoms with van der Waals surface area (Å²) in [4.78, 5) is 0. The summed E-state index contributed by atoms with van der Waals surface area (Å²) in [6, 6.07) is 6.60. The highest BCUT2D eigenvalue weighted by Gasteiger charge is 2.18. The summed E-state index contributed by atoms with van der Waals surface area (Å²) >= 11 is 6.28. The smallest absolute Gasteiger partial charge is 0.127 e. The predicted molar refractivity (Wildman–Crippen MR) is 86.8 cm³/mol. The molecule has 4 nitrogen and oxygen atoms in total. The average molecular weight is 331 g/mol. The fourth-order valence-corrected chi connectivity index (χ4v) is 2.07. The number of hydrogen-bond donors (Lipinski definition) is 2. The number of rotatable bonds is 11. The van der Waals surface area contributed by atoms with Gasteiger partial charge < -0.3 is 9.47 Å². The second kappa shape index (κ2) is 11.4. The van der Waals surface area contributed by atoms with Crippen molar-refractivity contribution in [3.8, 4) is 0 Å². The van der Waals surface area contributed by atoms with E-state index in [1.807, 2.05) is 19.9 Å². The summed E-state index contributed by atoms with van der Waals surface area (Å²) in [5.41, 5.74) is 5.98. The van der Waals surface area contributed by atoms with Crippen molar-refractivity contribution in [2.24, 2.45) is 0 Å². The minimum Gasteiger partial charge on any atom is -0.502 e. The molecular formula is C16H24ClFN2O2. The van der Waals surface area contributed by atoms with Gasteiger partial charge in [-0.1, -0.05) is 18.2 Å². The van der Waals surface area contributed by atoms with Crippen LogP contribution in [-0.2, 0) is 16.0 Å². The van der Waals surface area contributed by atoms with Crippen molar-refractivity contribution in [2.45, 2.75) is 38.4 Å². The molecule has 0 saturated heterocycles. The van der Waals surface area contributed by atoms with Crippen molar-refractivity contribution < 1.29 is 13.9 Å². The Balaban J connectivity index is 2.39. The van der Waals surface area contributed by atoms with Gasteiger partial charge >= 0.3 is 0 Å². The quantitative estimate of drug-likeness (QED) is 0.283. The maximum atomic E-state index is 13.5. The third-order valence-electron chi connectivity index (χ3n) is 2.91. The molecule has 1 aromatic carbocycles. The Morgan fingerprint density at radius 3 is 2.73 bits per heavy atom. The number of nitrogens with one attached hydrogen (secondary N) is 2. The van der Waals surface area contributed by atoms with Gasteiger partial charge in [0.25, 0.3) is 0 Å². The lowest BCUT2D eigenvalue weighted by molar-refractivity contribution is 0.0517. The largest absolute Gasteiger partial charge is 0.502 e. The molecule has 0 amide bonds. The van der Waals surface area contributed by atoms with Crippen LogP contribution in [0.2, 0.25) is 0 Å². The molecule has 1 aromatic rings. The van der Waals surface area contributed by atoms with E-state index in [0.29, 0.717) is 31.7 Å². The van der Waals surface area contributed by atoms with Gasteiger partial charge in [-0.25, -0.2) is 9.82 Å². The highest BCUT2D eigenvalue weighted by Crippen LogP contribution is 2.10. The first kappa shape index (κ1) is 18.9. The number of ether oxygens (including phenoxy) is 2. The van der Waals surface area contributed by atoms with Crippen LogP contribution in [0.25, 0.3) is 0 Å². The monoisotopic (exact) mass is 330 g/mol. The first-order chi connectivity index (χ1) is 10.7. The number of halogens is 2. The van der Waals surface area contributed by atoms with Crippen molar-refractivity contribution in [1.82, 2.24) is 10.9 Å². The normalized spacial score (nSPS) is 14.2. The molecule has 22 heavy (non-hydrogen) atoms. The van der Waals surface area contributed by atoms with Crippen LogP contribution in [0.1, 0.15) is 25.8 Å². The van der Waals surface area contributed by atoms with Gasteiger partial charge in [0.1, 0.15) is 11.3 Å². The van der Waals surface area contributed by atoms with E-state index in [1.54, 1.807) is 24.5 Å². The number of hydrogen-bond acceptors (Lipinski definition) is 4. The average Bonchev–Trinajstić information content (AvgIpc) is 2.52. The van der Waals surface area contributed by atoms with E-state index < -0.39 is 5.50 Å². The molecular weight excluding hydrogens is 307 g/mol. The van der Waals surface area contributed by atoms with Crippen LogP contribution in [0.15, 0.2) is 36.6 Å². The van der Waals surface area contributed by atoms with Crippen molar-refractivity contribution in [1.29, 1.82) is 0 Å². The van der Waals surface area contributed by atoms with Crippen LogP contribution in [0.4, 0.5) is 4.39 Å². The molecule has 0 aliphatic rings. The van der Waals surface area contributed by atoms with Crippen molar-refractivity contribution in [2.75, 3.05) is 13.2 Å². The number of hydrazine groups is 1. The Morgan fingerprint density at radius 1 is 1.27 bits per heavy atom. The number of alkyl halides is 1. The molecule has 0 radical (unpaired) electrons. The predicted octanol–water partition coefficient (Wildman–Crippen LogP) is 3.33. The molecule has 0 saturated carbocycles. The van der Waals surface area contributed by atoms with E-state index in [4.69, 9.17) is 21.1 Å². The van der Waals surface area contributed by atoms with Gasteiger partial charge in [-0.3, -0.25) is 5.43 Å². The van der Waals surface area contributed by atoms with Gasteiger partial charge in [0.2, 0.25) is 0 Å². The highest BCUT2D eigenvalue weighted by atomic mass is 35.5. The summed E-state index contributed by atoms with van der Waals surface area (Å²) in [6.45, 7) is 5.36. The molecule has 2 atom stereocenters. The summed E-state index contributed by atoms with van der Waals surface area (Å²) in [7, 11) is 0. The summed E-state index contributed by atoms with van der Waals surface area (Å²) < 4.78 is 24.2. The third kappa shape index (κ3) is 7.22. The van der Waals surface area contributed by atoms with Crippen LogP contribution in [-0.4, -0.2) is 24.8 Å². The molecule has 0 heterocycles. The van der Waals surface area contributed by atoms with E-state index in [-0.39, 0.29) is 11.9 Å². The summed E-state index contributed by atoms with van der Waals surface area (Å²) in [5.74, 6) is -0.246. The van der Waals surface area contributed by atoms with E-state index in [9.17, 15) is 4.39 Å². The van der Waals surface area contributed by atoms with Crippen LogP contribution in [0.3, 0.4) is 0 Å². The Kier molecular flexibility index (Phi) is 9.82. The SMILES string of the molecule is CCO/C=C/C[C@@H](OCC)C(Cl)NNCc1ccccc1F. The summed E-state index contributed by atoms with van der Waals surface area (Å²) in [5, 5.41) is 0. The van der Waals surface area contributed by atoms with Crippen molar-refractivity contribution >= 4 is 11.6 Å². The lowest BCUT2D eigenvalue weighted by atomic mass is 10.2. The van der Waals surface area contributed by atoms with E-state index >= 15 is 0 Å². The van der Waals surface area contributed by atoms with Crippen molar-refractivity contribution in [3.63, 3.8) is 0 Å². The molecule has 0 spiro atoms. The Bertz CT molecular complexity index is 446. The summed E-state index contributed by atoms with van der Waals surface area (Å²) in [6.07, 6.45) is 3.92. The van der Waals surface area contributed by atoms with Crippen LogP contribution < -0.4 is 10.9 Å². The molecule has 1 rings (SSSR count). The zero-order valence-electron chi connectivity index (χ0n) is 13.0. The van der Waals surface area contributed by atoms with Gasteiger partial charge in [0, 0.05) is 18.7 Å². The Hall–Kier alpha value is -1.14. The zero-order valence-corrected chi connectivity index (χ0v) is 13.8. The minimum absolute atomic E-state index is 0.212. The molecule has 124 valence electrons. The second-order valence-corrected chi connectivity index (χ2v) is 5.02. The van der Waals surface area contributed by atoms with Crippen LogP contribution >= 0.6 is 11.6 Å². The fourth-order valence-electron chi connectivity index (χ4n) is 1.82. The van der Waals surface area contributed by atoms with Crippen molar-refractivity contribution in [3.05, 3.63) is 48.0 Å². The molecule has 0 aromatic heterocycles. The van der Waals surface area contributed by atoms with Gasteiger partial charge in [0.15, 0.2) is 0 Å². The zero-order chi connectivity index (χ0) is 16.2. The number of benzene rings is 1. The topological polar surface area (TPSA) is 42.5 Å². The Morgan fingerprint density at radius 2 is 2.05 bits per heavy atom. The minimum atomic E-state index is -0.446. The second-order valence-electron chi connectivity index (χ2n) is 4.55. The highest BCUT2D eigenvalue weighted by molar-refractivity contribution is 6.20. The lowest BCUT2D eigenvalue weighted by Gasteiger charge is -2.22. The standard InChI is InChI=1S/C16H24ClFN2O2/c1-3-21-11-7-10-15(22-4-2)16(17)20-19-12-13-8-5-6-9-14(13)18/h5-9,11,15-16,19-20H,3-4,10,12H2,1-2H3/b11-7+/t15-,16?/m1/s1. The van der Waals surface area contributed by atoms with E-state index in [1.165, 1.54) is 6.07 Å². The molecule has 1 unspecified atom stereocenters. The van der Waals surface area contributed by atoms with Gasteiger partial charge in [-0.2, -0.15) is 0 Å². The maximum Gasteiger partial charge on any atom is 0.127 e. The van der Waals surface area contributed by atoms with Gasteiger partial charge in [0.05, 0.1) is 19.0 Å².